The van der Waals surface area contributed by atoms with E-state index in [0.29, 0.717) is 23.4 Å². The van der Waals surface area contributed by atoms with E-state index >= 15 is 0 Å². The van der Waals surface area contributed by atoms with Gasteiger partial charge in [-0.2, -0.15) is 0 Å². The lowest BCUT2D eigenvalue weighted by atomic mass is 10.3. The molecule has 26 heavy (non-hydrogen) atoms. The minimum Gasteiger partial charge on any atom is -0.484 e. The van der Waals surface area contributed by atoms with Crippen molar-refractivity contribution in [3.05, 3.63) is 78.5 Å². The van der Waals surface area contributed by atoms with Crippen molar-refractivity contribution in [1.82, 2.24) is 4.98 Å². The van der Waals surface area contributed by atoms with Crippen LogP contribution in [0.3, 0.4) is 0 Å². The molecule has 0 saturated heterocycles. The Morgan fingerprint density at radius 2 is 1.77 bits per heavy atom. The van der Waals surface area contributed by atoms with Crippen molar-refractivity contribution in [1.29, 1.82) is 0 Å². The van der Waals surface area contributed by atoms with Crippen LogP contribution in [0.5, 0.6) is 17.4 Å². The van der Waals surface area contributed by atoms with Crippen LogP contribution in [0.1, 0.15) is 0 Å². The first kappa shape index (κ1) is 17.3. The molecular weight excluding hydrogens is 342 g/mol. The van der Waals surface area contributed by atoms with Crippen molar-refractivity contribution in [3.63, 3.8) is 0 Å². The summed E-state index contributed by atoms with van der Waals surface area (Å²) in [6.45, 7) is -0.322. The fourth-order valence-corrected chi connectivity index (χ4v) is 2.06. The highest BCUT2D eigenvalue weighted by molar-refractivity contribution is 5.91. The Labute approximate surface area is 148 Å². The van der Waals surface area contributed by atoms with Gasteiger partial charge in [-0.25, -0.2) is 13.8 Å². The Balaban J connectivity index is 1.52. The van der Waals surface area contributed by atoms with Gasteiger partial charge in [0.15, 0.2) is 6.61 Å². The predicted molar refractivity (Wildman–Crippen MR) is 91.2 cm³/mol. The Hall–Kier alpha value is -3.48. The van der Waals surface area contributed by atoms with Gasteiger partial charge in [0, 0.05) is 18.3 Å². The third kappa shape index (κ3) is 4.76. The summed E-state index contributed by atoms with van der Waals surface area (Å²) in [6.07, 6.45) is 1.62. The monoisotopic (exact) mass is 356 g/mol. The molecule has 0 aliphatic carbocycles. The van der Waals surface area contributed by atoms with Crippen LogP contribution in [0.2, 0.25) is 0 Å². The molecule has 0 radical (unpaired) electrons. The maximum absolute atomic E-state index is 13.5. The van der Waals surface area contributed by atoms with E-state index in [9.17, 15) is 13.6 Å². The maximum Gasteiger partial charge on any atom is 0.262 e. The molecule has 1 aromatic heterocycles. The average molecular weight is 356 g/mol. The number of nitrogens with zero attached hydrogens (tertiary/aromatic N) is 1. The molecule has 2 aromatic carbocycles. The summed E-state index contributed by atoms with van der Waals surface area (Å²) in [5, 5.41) is 2.31. The van der Waals surface area contributed by atoms with Gasteiger partial charge in [0.1, 0.15) is 23.1 Å². The van der Waals surface area contributed by atoms with Crippen LogP contribution in [-0.2, 0) is 4.79 Å². The number of amides is 1. The summed E-state index contributed by atoms with van der Waals surface area (Å²) in [5.74, 6) is -0.674. The molecule has 7 heteroatoms. The molecule has 0 unspecified atom stereocenters. The van der Waals surface area contributed by atoms with E-state index in [-0.39, 0.29) is 12.3 Å². The number of nitrogens with one attached hydrogen (secondary N) is 1. The molecule has 132 valence electrons. The Morgan fingerprint density at radius 1 is 1.00 bits per heavy atom. The number of pyridine rings is 1. The number of hydrogen-bond donors (Lipinski definition) is 1. The second kappa shape index (κ2) is 8.06. The Kier molecular flexibility index (Phi) is 5.38. The van der Waals surface area contributed by atoms with Crippen LogP contribution in [0.15, 0.2) is 66.9 Å². The zero-order valence-corrected chi connectivity index (χ0v) is 13.5. The summed E-state index contributed by atoms with van der Waals surface area (Å²) in [4.78, 5) is 15.8. The van der Waals surface area contributed by atoms with Gasteiger partial charge in [-0.1, -0.05) is 6.07 Å². The van der Waals surface area contributed by atoms with E-state index in [2.05, 4.69) is 10.3 Å². The number of carbonyl (C=O) groups excluding carboxylic acids is 1. The van der Waals surface area contributed by atoms with Crippen LogP contribution < -0.4 is 14.8 Å². The topological polar surface area (TPSA) is 60.5 Å². The van der Waals surface area contributed by atoms with Crippen LogP contribution in [0, 0.1) is 11.6 Å². The van der Waals surface area contributed by atoms with Crippen molar-refractivity contribution in [2.45, 2.75) is 0 Å². The first-order valence-electron chi connectivity index (χ1n) is 7.67. The molecule has 0 spiro atoms. The molecule has 1 heterocycles. The van der Waals surface area contributed by atoms with Crippen molar-refractivity contribution in [2.24, 2.45) is 0 Å². The summed E-state index contributed by atoms with van der Waals surface area (Å²) in [7, 11) is 0. The van der Waals surface area contributed by atoms with Gasteiger partial charge in [-0.05, 0) is 42.5 Å². The Morgan fingerprint density at radius 3 is 2.46 bits per heavy atom. The molecule has 0 atom stereocenters. The SMILES string of the molecule is O=C(COc1ccc(Oc2ccccn2)cc1)Nc1ccc(F)cc1F. The van der Waals surface area contributed by atoms with E-state index in [0.717, 1.165) is 12.1 Å². The van der Waals surface area contributed by atoms with E-state index in [1.807, 2.05) is 6.07 Å². The number of halogens is 2. The van der Waals surface area contributed by atoms with Gasteiger partial charge in [0.05, 0.1) is 5.69 Å². The molecular formula is C19H14F2N2O3. The maximum atomic E-state index is 13.5. The lowest BCUT2D eigenvalue weighted by molar-refractivity contribution is -0.118. The van der Waals surface area contributed by atoms with Gasteiger partial charge in [-0.15, -0.1) is 0 Å². The first-order valence-corrected chi connectivity index (χ1v) is 7.67. The molecule has 5 nitrogen and oxygen atoms in total. The van der Waals surface area contributed by atoms with Gasteiger partial charge < -0.3 is 14.8 Å². The molecule has 3 rings (SSSR count). The fourth-order valence-electron chi connectivity index (χ4n) is 2.06. The molecule has 3 aromatic rings. The normalized spacial score (nSPS) is 10.2. The smallest absolute Gasteiger partial charge is 0.262 e. The molecule has 0 saturated carbocycles. The summed E-state index contributed by atoms with van der Waals surface area (Å²) < 4.78 is 37.2. The highest BCUT2D eigenvalue weighted by Crippen LogP contribution is 2.22. The molecule has 0 aliphatic heterocycles. The van der Waals surface area contributed by atoms with Crippen molar-refractivity contribution in [3.8, 4) is 17.4 Å². The number of ether oxygens (including phenoxy) is 2. The predicted octanol–water partition coefficient (Wildman–Crippen LogP) is 4.17. The molecule has 1 N–H and O–H groups in total. The molecule has 1 amide bonds. The minimum absolute atomic E-state index is 0.112. The zero-order chi connectivity index (χ0) is 18.4. The third-order valence-corrected chi connectivity index (χ3v) is 3.26. The second-order valence-electron chi connectivity index (χ2n) is 5.20. The average Bonchev–Trinajstić information content (AvgIpc) is 2.64. The summed E-state index contributed by atoms with van der Waals surface area (Å²) >= 11 is 0. The summed E-state index contributed by atoms with van der Waals surface area (Å²) in [5.41, 5.74) is -0.112. The highest BCUT2D eigenvalue weighted by Gasteiger charge is 2.09. The quantitative estimate of drug-likeness (QED) is 0.720. The van der Waals surface area contributed by atoms with Crippen LogP contribution >= 0.6 is 0 Å². The third-order valence-electron chi connectivity index (χ3n) is 3.26. The number of aromatic nitrogens is 1. The Bertz CT molecular complexity index is 887. The highest BCUT2D eigenvalue weighted by atomic mass is 19.1. The number of benzene rings is 2. The number of hydrogen-bond acceptors (Lipinski definition) is 4. The molecule has 0 aliphatic rings. The second-order valence-corrected chi connectivity index (χ2v) is 5.20. The standard InChI is InChI=1S/C19H14F2N2O3/c20-13-4-9-17(16(21)11-13)23-18(24)12-25-14-5-7-15(8-6-14)26-19-3-1-2-10-22-19/h1-11H,12H2,(H,23,24). The van der Waals surface area contributed by atoms with Gasteiger partial charge in [-0.3, -0.25) is 4.79 Å². The van der Waals surface area contributed by atoms with E-state index in [1.165, 1.54) is 0 Å². The van der Waals surface area contributed by atoms with E-state index in [4.69, 9.17) is 9.47 Å². The lowest BCUT2D eigenvalue weighted by Crippen LogP contribution is -2.20. The van der Waals surface area contributed by atoms with Crippen LogP contribution in [-0.4, -0.2) is 17.5 Å². The largest absolute Gasteiger partial charge is 0.484 e. The van der Waals surface area contributed by atoms with Gasteiger partial charge >= 0.3 is 0 Å². The number of carbonyl (C=O) groups is 1. The zero-order valence-electron chi connectivity index (χ0n) is 13.5. The van der Waals surface area contributed by atoms with Crippen LogP contribution in [0.4, 0.5) is 14.5 Å². The summed E-state index contributed by atoms with van der Waals surface area (Å²) in [6, 6.07) is 14.8. The molecule has 0 bridgehead atoms. The van der Waals surface area contributed by atoms with Gasteiger partial charge in [0.25, 0.3) is 5.91 Å². The van der Waals surface area contributed by atoms with E-state index < -0.39 is 17.5 Å². The van der Waals surface area contributed by atoms with Crippen LogP contribution in [0.25, 0.3) is 0 Å². The van der Waals surface area contributed by atoms with E-state index in [1.54, 1.807) is 42.6 Å². The van der Waals surface area contributed by atoms with Crippen molar-refractivity contribution in [2.75, 3.05) is 11.9 Å². The number of anilines is 1. The van der Waals surface area contributed by atoms with Gasteiger partial charge in [0.2, 0.25) is 5.88 Å². The molecule has 0 fully saturated rings. The van der Waals surface area contributed by atoms with Crippen molar-refractivity contribution >= 4 is 11.6 Å². The van der Waals surface area contributed by atoms with Crippen molar-refractivity contribution < 1.29 is 23.0 Å². The minimum atomic E-state index is -0.852. The first-order chi connectivity index (χ1) is 12.6. The fraction of sp³-hybridized carbons (Fsp3) is 0.0526. The number of rotatable bonds is 6. The lowest BCUT2D eigenvalue weighted by Gasteiger charge is -2.09.